The smallest absolute Gasteiger partial charge is 0.243 e. The molecule has 5 N–H and O–H groups in total. The second-order valence-corrected chi connectivity index (χ2v) is 6.28. The van der Waals surface area contributed by atoms with Crippen molar-refractivity contribution in [1.82, 2.24) is 16.0 Å². The van der Waals surface area contributed by atoms with Crippen molar-refractivity contribution in [2.24, 2.45) is 11.7 Å². The molecule has 1 heterocycles. The minimum absolute atomic E-state index is 0.0986. The van der Waals surface area contributed by atoms with Gasteiger partial charge in [-0.2, -0.15) is 0 Å². The Morgan fingerprint density at radius 3 is 2.42 bits per heavy atom. The van der Waals surface area contributed by atoms with Gasteiger partial charge in [-0.3, -0.25) is 19.2 Å². The molecule has 4 amide bonds. The van der Waals surface area contributed by atoms with Gasteiger partial charge >= 0.3 is 0 Å². The van der Waals surface area contributed by atoms with Crippen LogP contribution < -0.4 is 21.7 Å². The Morgan fingerprint density at radius 2 is 1.96 bits per heavy atom. The molecule has 0 saturated carbocycles. The van der Waals surface area contributed by atoms with E-state index in [0.717, 1.165) is 0 Å². The lowest BCUT2D eigenvalue weighted by Gasteiger charge is -2.25. The highest BCUT2D eigenvalue weighted by molar-refractivity contribution is 5.95. The molecule has 0 unspecified atom stereocenters. The number of hydrogen-bond acceptors (Lipinski definition) is 4. The molecule has 24 heavy (non-hydrogen) atoms. The number of hydrogen-bond donors (Lipinski definition) is 4. The predicted octanol–water partition coefficient (Wildman–Crippen LogP) is -0.434. The maximum Gasteiger partial charge on any atom is 0.243 e. The summed E-state index contributed by atoms with van der Waals surface area (Å²) in [5, 5.41) is 7.87. The summed E-state index contributed by atoms with van der Waals surface area (Å²) in [5.74, 6) is -1.68. The first-order valence-electron chi connectivity index (χ1n) is 8.49. The van der Waals surface area contributed by atoms with Crippen LogP contribution in [0.2, 0.25) is 0 Å². The van der Waals surface area contributed by atoms with Crippen LogP contribution in [0, 0.1) is 5.92 Å². The van der Waals surface area contributed by atoms with Crippen LogP contribution in [0.5, 0.6) is 0 Å². The Kier molecular flexibility index (Phi) is 7.67. The maximum atomic E-state index is 12.5. The number of nitrogens with one attached hydrogen (secondary N) is 3. The number of carbonyl (C=O) groups excluding carboxylic acids is 4. The lowest BCUT2D eigenvalue weighted by Crippen LogP contribution is -2.56. The highest BCUT2D eigenvalue weighted by Crippen LogP contribution is 2.10. The zero-order valence-electron chi connectivity index (χ0n) is 14.6. The van der Waals surface area contributed by atoms with Crippen LogP contribution in [0.15, 0.2) is 0 Å². The highest BCUT2D eigenvalue weighted by atomic mass is 16.2. The monoisotopic (exact) mass is 340 g/mol. The van der Waals surface area contributed by atoms with Crippen molar-refractivity contribution in [1.29, 1.82) is 0 Å². The van der Waals surface area contributed by atoms with Crippen molar-refractivity contribution in [3.8, 4) is 0 Å². The summed E-state index contributed by atoms with van der Waals surface area (Å²) in [6.07, 6.45) is 2.53. The number of primary amides is 1. The molecule has 1 aliphatic heterocycles. The topological polar surface area (TPSA) is 130 Å². The molecule has 8 nitrogen and oxygen atoms in total. The lowest BCUT2D eigenvalue weighted by atomic mass is 9.98. The van der Waals surface area contributed by atoms with Crippen molar-refractivity contribution in [2.75, 3.05) is 0 Å². The first kappa shape index (κ1) is 19.9. The zero-order chi connectivity index (χ0) is 18.3. The van der Waals surface area contributed by atoms with Crippen molar-refractivity contribution in [2.45, 2.75) is 71.0 Å². The fourth-order valence-electron chi connectivity index (χ4n) is 2.62. The highest BCUT2D eigenvalue weighted by Gasteiger charge is 2.32. The number of nitrogens with two attached hydrogens (primary N) is 1. The van der Waals surface area contributed by atoms with Crippen LogP contribution >= 0.6 is 0 Å². The molecule has 1 aliphatic rings. The van der Waals surface area contributed by atoms with Crippen molar-refractivity contribution in [3.05, 3.63) is 0 Å². The normalized spacial score (nSPS) is 20.6. The van der Waals surface area contributed by atoms with Crippen molar-refractivity contribution in [3.63, 3.8) is 0 Å². The molecule has 0 aromatic heterocycles. The summed E-state index contributed by atoms with van der Waals surface area (Å²) in [6, 6.07) is -2.14. The van der Waals surface area contributed by atoms with E-state index in [1.165, 1.54) is 0 Å². The number of amides is 4. The summed E-state index contributed by atoms with van der Waals surface area (Å²) in [4.78, 5) is 47.4. The van der Waals surface area contributed by atoms with Crippen LogP contribution in [0.4, 0.5) is 0 Å². The van der Waals surface area contributed by atoms with E-state index < -0.39 is 29.9 Å². The average Bonchev–Trinajstić information content (AvgIpc) is 2.97. The third kappa shape index (κ3) is 5.50. The quantitative estimate of drug-likeness (QED) is 0.453. The first-order valence-corrected chi connectivity index (χ1v) is 8.49. The van der Waals surface area contributed by atoms with E-state index in [1.807, 2.05) is 20.8 Å². The van der Waals surface area contributed by atoms with Gasteiger partial charge in [0.25, 0.3) is 0 Å². The minimum Gasteiger partial charge on any atom is -0.368 e. The van der Waals surface area contributed by atoms with Gasteiger partial charge in [-0.25, -0.2) is 0 Å². The third-order valence-corrected chi connectivity index (χ3v) is 4.34. The van der Waals surface area contributed by atoms with E-state index >= 15 is 0 Å². The van der Waals surface area contributed by atoms with Gasteiger partial charge in [0.1, 0.15) is 18.1 Å². The Hall–Kier alpha value is -2.12. The van der Waals surface area contributed by atoms with Gasteiger partial charge in [0.2, 0.25) is 23.6 Å². The largest absolute Gasteiger partial charge is 0.368 e. The zero-order valence-corrected chi connectivity index (χ0v) is 14.6. The average molecular weight is 340 g/mol. The second-order valence-electron chi connectivity index (χ2n) is 6.28. The van der Waals surface area contributed by atoms with Gasteiger partial charge in [0, 0.05) is 6.42 Å². The molecular formula is C16H28N4O4. The summed E-state index contributed by atoms with van der Waals surface area (Å²) in [6.45, 7) is 5.63. The minimum atomic E-state index is -0.773. The second kappa shape index (κ2) is 9.24. The SMILES string of the molecule is CCC[C@H](NC(=O)[C@@H]1CCC(=O)N1)C(=O)N[C@H](C(N)=O)[C@@H](C)CC. The van der Waals surface area contributed by atoms with E-state index in [-0.39, 0.29) is 17.7 Å². The fraction of sp³-hybridized carbons (Fsp3) is 0.750. The molecule has 1 rings (SSSR count). The van der Waals surface area contributed by atoms with E-state index in [9.17, 15) is 19.2 Å². The molecule has 0 aromatic carbocycles. The maximum absolute atomic E-state index is 12.5. The van der Waals surface area contributed by atoms with Crippen molar-refractivity contribution < 1.29 is 19.2 Å². The molecule has 136 valence electrons. The Balaban J connectivity index is 2.71. The van der Waals surface area contributed by atoms with Gasteiger partial charge in [-0.1, -0.05) is 33.6 Å². The van der Waals surface area contributed by atoms with Crippen LogP contribution in [-0.2, 0) is 19.2 Å². The van der Waals surface area contributed by atoms with E-state index in [1.54, 1.807) is 0 Å². The molecule has 0 aliphatic carbocycles. The van der Waals surface area contributed by atoms with E-state index in [0.29, 0.717) is 32.1 Å². The molecule has 1 fully saturated rings. The standard InChI is InChI=1S/C16H28N4O4/c1-4-6-10(19-15(23)11-7-8-12(21)18-11)16(24)20-13(14(17)22)9(3)5-2/h9-11,13H,4-8H2,1-3H3,(H2,17,22)(H,18,21)(H,19,23)(H,20,24)/t9-,10-,11-,13-/m0/s1. The number of rotatable bonds is 9. The fourth-order valence-corrected chi connectivity index (χ4v) is 2.62. The predicted molar refractivity (Wildman–Crippen MR) is 88.6 cm³/mol. The third-order valence-electron chi connectivity index (χ3n) is 4.34. The molecule has 0 aromatic rings. The van der Waals surface area contributed by atoms with E-state index in [2.05, 4.69) is 16.0 Å². The van der Waals surface area contributed by atoms with Gasteiger partial charge in [-0.05, 0) is 18.8 Å². The summed E-state index contributed by atoms with van der Waals surface area (Å²) in [5.41, 5.74) is 5.36. The molecule has 4 atom stereocenters. The van der Waals surface area contributed by atoms with Crippen LogP contribution in [0.1, 0.15) is 52.9 Å². The Bertz CT molecular complexity index is 494. The van der Waals surface area contributed by atoms with Crippen LogP contribution in [-0.4, -0.2) is 41.8 Å². The molecule has 1 saturated heterocycles. The van der Waals surface area contributed by atoms with Crippen LogP contribution in [0.25, 0.3) is 0 Å². The Labute approximate surface area is 142 Å². The molecule has 0 bridgehead atoms. The van der Waals surface area contributed by atoms with Gasteiger partial charge in [-0.15, -0.1) is 0 Å². The number of carbonyl (C=O) groups is 4. The first-order chi connectivity index (χ1) is 11.3. The Morgan fingerprint density at radius 1 is 1.29 bits per heavy atom. The molecule has 8 heteroatoms. The van der Waals surface area contributed by atoms with Gasteiger partial charge in [0.15, 0.2) is 0 Å². The summed E-state index contributed by atoms with van der Waals surface area (Å²) in [7, 11) is 0. The summed E-state index contributed by atoms with van der Waals surface area (Å²) >= 11 is 0. The van der Waals surface area contributed by atoms with Gasteiger partial charge in [0.05, 0.1) is 0 Å². The van der Waals surface area contributed by atoms with Crippen LogP contribution in [0.3, 0.4) is 0 Å². The summed E-state index contributed by atoms with van der Waals surface area (Å²) < 4.78 is 0. The molecule has 0 spiro atoms. The molecular weight excluding hydrogens is 312 g/mol. The van der Waals surface area contributed by atoms with E-state index in [4.69, 9.17) is 5.73 Å². The lowest BCUT2D eigenvalue weighted by molar-refractivity contribution is -0.133. The van der Waals surface area contributed by atoms with Gasteiger partial charge < -0.3 is 21.7 Å². The molecule has 0 radical (unpaired) electrons. The van der Waals surface area contributed by atoms with Crippen molar-refractivity contribution >= 4 is 23.6 Å².